The maximum absolute atomic E-state index is 13.0. The minimum atomic E-state index is -0.800. The Labute approximate surface area is 158 Å². The van der Waals surface area contributed by atoms with Gasteiger partial charge in [-0.25, -0.2) is 9.67 Å². The van der Waals surface area contributed by atoms with Gasteiger partial charge in [0.25, 0.3) is 5.91 Å². The lowest BCUT2D eigenvalue weighted by molar-refractivity contribution is 0.0989. The predicted molar refractivity (Wildman–Crippen MR) is 97.7 cm³/mol. The normalized spacial score (nSPS) is 10.7. The summed E-state index contributed by atoms with van der Waals surface area (Å²) < 4.78 is 1.31. The van der Waals surface area contributed by atoms with E-state index in [0.29, 0.717) is 21.3 Å². The topological polar surface area (TPSA) is 117 Å². The number of hydrogen-bond donors (Lipinski definition) is 2. The fourth-order valence-corrected chi connectivity index (χ4v) is 2.83. The molecule has 0 spiro atoms. The summed E-state index contributed by atoms with van der Waals surface area (Å²) in [7, 11) is 0. The number of benzene rings is 2. The Morgan fingerprint density at radius 2 is 1.81 bits per heavy atom. The van der Waals surface area contributed by atoms with Crippen LogP contribution in [0.25, 0.3) is 5.69 Å². The number of aromatic nitrogens is 3. The van der Waals surface area contributed by atoms with E-state index in [0.717, 1.165) is 0 Å². The third kappa shape index (κ3) is 3.32. The molecule has 1 amide bonds. The van der Waals surface area contributed by atoms with E-state index in [9.17, 15) is 9.59 Å². The summed E-state index contributed by atoms with van der Waals surface area (Å²) in [6, 6.07) is 11.3. The molecule has 0 fully saturated rings. The molecule has 0 saturated heterocycles. The molecule has 0 atom stereocenters. The number of amides is 1. The van der Waals surface area contributed by atoms with Crippen molar-refractivity contribution in [3.63, 3.8) is 0 Å². The molecule has 2 aromatic carbocycles. The molecule has 7 nitrogen and oxygen atoms in total. The second-order valence-electron chi connectivity index (χ2n) is 5.30. The van der Waals surface area contributed by atoms with Crippen LogP contribution in [0.5, 0.6) is 0 Å². The number of halogens is 2. The first-order chi connectivity index (χ1) is 12.4. The Hall–Kier alpha value is -2.74. The summed E-state index contributed by atoms with van der Waals surface area (Å²) in [5.74, 6) is -1.08. The third-order valence-electron chi connectivity index (χ3n) is 3.63. The van der Waals surface area contributed by atoms with Crippen LogP contribution in [-0.2, 0) is 6.54 Å². The monoisotopic (exact) mass is 389 g/mol. The van der Waals surface area contributed by atoms with Crippen LogP contribution >= 0.6 is 23.2 Å². The molecule has 3 rings (SSSR count). The first kappa shape index (κ1) is 18.1. The fourth-order valence-electron chi connectivity index (χ4n) is 2.44. The van der Waals surface area contributed by atoms with E-state index in [-0.39, 0.29) is 29.5 Å². The maximum atomic E-state index is 13.0. The number of carbonyl (C=O) groups excluding carboxylic acids is 2. The zero-order valence-corrected chi connectivity index (χ0v) is 14.8. The smallest absolute Gasteiger partial charge is 0.288 e. The summed E-state index contributed by atoms with van der Waals surface area (Å²) in [5.41, 5.74) is 11.8. The van der Waals surface area contributed by atoms with Crippen LogP contribution < -0.4 is 11.5 Å². The molecule has 4 N–H and O–H groups in total. The highest BCUT2D eigenvalue weighted by molar-refractivity contribution is 6.35. The molecule has 0 bridgehead atoms. The second kappa shape index (κ2) is 7.25. The van der Waals surface area contributed by atoms with Gasteiger partial charge in [-0.05, 0) is 30.3 Å². The Morgan fingerprint density at radius 3 is 2.46 bits per heavy atom. The van der Waals surface area contributed by atoms with Gasteiger partial charge in [-0.15, -0.1) is 5.10 Å². The molecular formula is C17H13Cl2N5O2. The molecule has 1 heterocycles. The zero-order valence-electron chi connectivity index (χ0n) is 13.3. The van der Waals surface area contributed by atoms with Gasteiger partial charge in [0.1, 0.15) is 5.82 Å². The average molecular weight is 390 g/mol. The number of hydrogen-bond acceptors (Lipinski definition) is 5. The molecule has 0 aliphatic heterocycles. The Balaban J connectivity index is 2.21. The Kier molecular flexibility index (Phi) is 5.03. The predicted octanol–water partition coefficient (Wildman–Crippen LogP) is 2.36. The summed E-state index contributed by atoms with van der Waals surface area (Å²) in [4.78, 5) is 28.4. The highest BCUT2D eigenvalue weighted by Crippen LogP contribution is 2.26. The lowest BCUT2D eigenvalue weighted by Crippen LogP contribution is -2.14. The van der Waals surface area contributed by atoms with Crippen molar-refractivity contribution >= 4 is 34.9 Å². The zero-order chi connectivity index (χ0) is 18.8. The van der Waals surface area contributed by atoms with Crippen molar-refractivity contribution in [2.75, 3.05) is 0 Å². The minimum Gasteiger partial charge on any atom is -0.363 e. The van der Waals surface area contributed by atoms with E-state index in [1.807, 2.05) is 0 Å². The third-order valence-corrected chi connectivity index (χ3v) is 4.19. The van der Waals surface area contributed by atoms with Crippen molar-refractivity contribution in [2.45, 2.75) is 6.54 Å². The van der Waals surface area contributed by atoms with Gasteiger partial charge in [0.2, 0.25) is 5.82 Å². The van der Waals surface area contributed by atoms with Gasteiger partial charge in [0, 0.05) is 16.1 Å². The van der Waals surface area contributed by atoms with E-state index in [4.69, 9.17) is 34.7 Å². The van der Waals surface area contributed by atoms with Gasteiger partial charge >= 0.3 is 0 Å². The summed E-state index contributed by atoms with van der Waals surface area (Å²) >= 11 is 12.2. The van der Waals surface area contributed by atoms with Crippen molar-refractivity contribution in [2.24, 2.45) is 11.5 Å². The highest BCUT2D eigenvalue weighted by atomic mass is 35.5. The molecule has 132 valence electrons. The number of nitrogens with two attached hydrogens (primary N) is 2. The number of primary amides is 1. The Morgan fingerprint density at radius 1 is 1.08 bits per heavy atom. The van der Waals surface area contributed by atoms with Crippen LogP contribution in [0.15, 0.2) is 42.5 Å². The van der Waals surface area contributed by atoms with E-state index in [1.54, 1.807) is 36.4 Å². The molecule has 1 aromatic heterocycles. The molecule has 3 aromatic rings. The van der Waals surface area contributed by atoms with Gasteiger partial charge < -0.3 is 11.5 Å². The van der Waals surface area contributed by atoms with Crippen LogP contribution in [0.2, 0.25) is 10.0 Å². The van der Waals surface area contributed by atoms with Crippen LogP contribution in [-0.4, -0.2) is 26.5 Å². The lowest BCUT2D eigenvalue weighted by atomic mass is 10.0. The van der Waals surface area contributed by atoms with Crippen LogP contribution in [0, 0.1) is 0 Å². The largest absolute Gasteiger partial charge is 0.363 e. The van der Waals surface area contributed by atoms with Crippen molar-refractivity contribution < 1.29 is 9.59 Å². The molecular weight excluding hydrogens is 377 g/mol. The van der Waals surface area contributed by atoms with E-state index in [1.165, 1.54) is 10.7 Å². The first-order valence-electron chi connectivity index (χ1n) is 7.47. The minimum absolute atomic E-state index is 0.0113. The molecule has 0 unspecified atom stereocenters. The molecule has 0 aliphatic carbocycles. The van der Waals surface area contributed by atoms with Gasteiger partial charge in [-0.1, -0.05) is 35.3 Å². The molecule has 0 aliphatic rings. The van der Waals surface area contributed by atoms with Crippen molar-refractivity contribution in [3.05, 3.63) is 75.3 Å². The maximum Gasteiger partial charge on any atom is 0.288 e. The molecule has 0 radical (unpaired) electrons. The summed E-state index contributed by atoms with van der Waals surface area (Å²) in [6.07, 6.45) is 0. The van der Waals surface area contributed by atoms with Gasteiger partial charge in [-0.3, -0.25) is 9.59 Å². The average Bonchev–Trinajstić information content (AvgIpc) is 3.06. The first-order valence-corrected chi connectivity index (χ1v) is 8.23. The second-order valence-corrected chi connectivity index (χ2v) is 6.15. The highest BCUT2D eigenvalue weighted by Gasteiger charge is 2.21. The summed E-state index contributed by atoms with van der Waals surface area (Å²) in [6.45, 7) is -0.0113. The van der Waals surface area contributed by atoms with Gasteiger partial charge in [0.15, 0.2) is 5.78 Å². The number of rotatable bonds is 5. The van der Waals surface area contributed by atoms with Crippen molar-refractivity contribution in [1.82, 2.24) is 14.8 Å². The fraction of sp³-hybridized carbons (Fsp3) is 0.0588. The SMILES string of the molecule is NCc1nc(C(N)=O)nn1-c1ccc(Cl)cc1C(=O)c1ccccc1Cl. The van der Waals surface area contributed by atoms with Gasteiger partial charge in [-0.2, -0.15) is 0 Å². The number of nitrogens with zero attached hydrogens (tertiary/aromatic N) is 3. The van der Waals surface area contributed by atoms with Crippen LogP contribution in [0.3, 0.4) is 0 Å². The number of carbonyl (C=O) groups is 2. The molecule has 0 saturated carbocycles. The van der Waals surface area contributed by atoms with E-state index < -0.39 is 5.91 Å². The van der Waals surface area contributed by atoms with E-state index >= 15 is 0 Å². The van der Waals surface area contributed by atoms with Gasteiger partial charge in [0.05, 0.1) is 17.3 Å². The van der Waals surface area contributed by atoms with Crippen molar-refractivity contribution in [3.8, 4) is 5.69 Å². The quantitative estimate of drug-likeness (QED) is 0.649. The standard InChI is InChI=1S/C17H13Cl2N5O2/c18-9-5-6-13(24-14(8-20)22-17(23-24)16(21)26)11(7-9)15(25)10-3-1-2-4-12(10)19/h1-7H,8,20H2,(H2,21,26). The van der Waals surface area contributed by atoms with Crippen LogP contribution in [0.4, 0.5) is 0 Å². The molecule has 26 heavy (non-hydrogen) atoms. The van der Waals surface area contributed by atoms with E-state index in [2.05, 4.69) is 10.1 Å². The number of ketones is 1. The lowest BCUT2D eigenvalue weighted by Gasteiger charge is -2.12. The van der Waals surface area contributed by atoms with Crippen molar-refractivity contribution in [1.29, 1.82) is 0 Å². The Bertz CT molecular complexity index is 1020. The summed E-state index contributed by atoms with van der Waals surface area (Å²) in [5, 5.41) is 4.72. The van der Waals surface area contributed by atoms with Crippen LogP contribution in [0.1, 0.15) is 32.4 Å². The molecule has 9 heteroatoms.